The molecule has 0 fully saturated rings. The quantitative estimate of drug-likeness (QED) is 0.511. The van der Waals surface area contributed by atoms with Crippen LogP contribution in [0.3, 0.4) is 0 Å². The van der Waals surface area contributed by atoms with Gasteiger partial charge in [-0.1, -0.05) is 37.6 Å². The Morgan fingerprint density at radius 2 is 2.29 bits per heavy atom. The average Bonchev–Trinajstić information content (AvgIpc) is 2.19. The van der Waals surface area contributed by atoms with Crippen molar-refractivity contribution in [1.82, 2.24) is 0 Å². The van der Waals surface area contributed by atoms with E-state index in [4.69, 9.17) is 0 Å². The summed E-state index contributed by atoms with van der Waals surface area (Å²) in [5.41, 5.74) is 2.04. The Kier molecular flexibility index (Phi) is 4.11. The van der Waals surface area contributed by atoms with E-state index in [0.717, 1.165) is 18.4 Å². The summed E-state index contributed by atoms with van der Waals surface area (Å²) in [6.45, 7) is 5.70. The molecule has 1 nitrogen and oxygen atoms in total. The molecule has 1 rings (SSSR count). The Labute approximate surface area is 85.5 Å². The molecule has 0 spiro atoms. The molecular formula is C13H16O. The van der Waals surface area contributed by atoms with E-state index in [1.54, 1.807) is 6.08 Å². The standard InChI is InChI=1S/C13H16O/c1-3-6-11-8-5-9-12(10-11)13(14)7-4-2/h4-5,8-10H,2-3,6-7H2,1H3. The topological polar surface area (TPSA) is 17.1 Å². The van der Waals surface area contributed by atoms with Crippen LogP contribution in [0.1, 0.15) is 35.7 Å². The summed E-state index contributed by atoms with van der Waals surface area (Å²) in [7, 11) is 0. The van der Waals surface area contributed by atoms with Crippen LogP contribution < -0.4 is 0 Å². The lowest BCUT2D eigenvalue weighted by atomic mass is 10.0. The third kappa shape index (κ3) is 2.84. The van der Waals surface area contributed by atoms with Crippen molar-refractivity contribution in [2.45, 2.75) is 26.2 Å². The van der Waals surface area contributed by atoms with E-state index in [0.29, 0.717) is 6.42 Å². The van der Waals surface area contributed by atoms with Crippen LogP contribution in [0.25, 0.3) is 0 Å². The molecule has 0 radical (unpaired) electrons. The maximum Gasteiger partial charge on any atom is 0.166 e. The van der Waals surface area contributed by atoms with E-state index < -0.39 is 0 Å². The van der Waals surface area contributed by atoms with Gasteiger partial charge in [0.05, 0.1) is 0 Å². The van der Waals surface area contributed by atoms with E-state index >= 15 is 0 Å². The third-order valence-corrected chi connectivity index (χ3v) is 2.12. The van der Waals surface area contributed by atoms with Crippen molar-refractivity contribution in [3.8, 4) is 0 Å². The number of hydrogen-bond acceptors (Lipinski definition) is 1. The summed E-state index contributed by atoms with van der Waals surface area (Å²) < 4.78 is 0. The van der Waals surface area contributed by atoms with Gasteiger partial charge in [-0.05, 0) is 18.1 Å². The molecule has 0 heterocycles. The minimum atomic E-state index is 0.151. The number of ketones is 1. The monoisotopic (exact) mass is 188 g/mol. The van der Waals surface area contributed by atoms with Gasteiger partial charge in [-0.2, -0.15) is 0 Å². The number of hydrogen-bond donors (Lipinski definition) is 0. The Bertz CT molecular complexity index is 326. The molecule has 1 aromatic carbocycles. The van der Waals surface area contributed by atoms with Crippen LogP contribution in [0, 0.1) is 0 Å². The van der Waals surface area contributed by atoms with Crippen LogP contribution >= 0.6 is 0 Å². The zero-order chi connectivity index (χ0) is 10.4. The number of rotatable bonds is 5. The largest absolute Gasteiger partial charge is 0.294 e. The van der Waals surface area contributed by atoms with E-state index in [1.807, 2.05) is 18.2 Å². The van der Waals surface area contributed by atoms with Crippen molar-refractivity contribution >= 4 is 5.78 Å². The molecule has 0 aromatic heterocycles. The van der Waals surface area contributed by atoms with Crippen LogP contribution in [0.15, 0.2) is 36.9 Å². The molecule has 0 aliphatic heterocycles. The van der Waals surface area contributed by atoms with Crippen molar-refractivity contribution in [2.24, 2.45) is 0 Å². The zero-order valence-electron chi connectivity index (χ0n) is 8.62. The number of Topliss-reactive ketones (excluding diaryl/α,β-unsaturated/α-hetero) is 1. The highest BCUT2D eigenvalue weighted by atomic mass is 16.1. The Hall–Kier alpha value is -1.37. The second-order valence-electron chi connectivity index (χ2n) is 3.37. The number of allylic oxidation sites excluding steroid dienone is 1. The van der Waals surface area contributed by atoms with Crippen molar-refractivity contribution in [2.75, 3.05) is 0 Å². The van der Waals surface area contributed by atoms with Gasteiger partial charge >= 0.3 is 0 Å². The molecule has 0 atom stereocenters. The van der Waals surface area contributed by atoms with Crippen molar-refractivity contribution in [3.05, 3.63) is 48.0 Å². The van der Waals surface area contributed by atoms with Gasteiger partial charge in [-0.3, -0.25) is 4.79 Å². The smallest absolute Gasteiger partial charge is 0.166 e. The normalized spacial score (nSPS) is 9.79. The van der Waals surface area contributed by atoms with Gasteiger partial charge in [0, 0.05) is 12.0 Å². The first-order valence-electron chi connectivity index (χ1n) is 5.01. The molecule has 0 aliphatic rings. The molecule has 0 amide bonds. The molecule has 1 aromatic rings. The van der Waals surface area contributed by atoms with Gasteiger partial charge in [0.1, 0.15) is 0 Å². The molecule has 0 unspecified atom stereocenters. The molecule has 0 saturated heterocycles. The van der Waals surface area contributed by atoms with Gasteiger partial charge in [-0.25, -0.2) is 0 Å². The van der Waals surface area contributed by atoms with Gasteiger partial charge in [0.25, 0.3) is 0 Å². The van der Waals surface area contributed by atoms with Crippen LogP contribution in [0.5, 0.6) is 0 Å². The zero-order valence-corrected chi connectivity index (χ0v) is 8.62. The maximum atomic E-state index is 11.5. The van der Waals surface area contributed by atoms with Crippen molar-refractivity contribution in [3.63, 3.8) is 0 Å². The van der Waals surface area contributed by atoms with Crippen molar-refractivity contribution < 1.29 is 4.79 Å². The molecule has 0 saturated carbocycles. The summed E-state index contributed by atoms with van der Waals surface area (Å²) in [6, 6.07) is 7.86. The van der Waals surface area contributed by atoms with E-state index in [9.17, 15) is 4.79 Å². The highest BCUT2D eigenvalue weighted by molar-refractivity contribution is 5.97. The lowest BCUT2D eigenvalue weighted by Gasteiger charge is -2.01. The summed E-state index contributed by atoms with van der Waals surface area (Å²) in [4.78, 5) is 11.5. The predicted molar refractivity (Wildman–Crippen MR) is 59.6 cm³/mol. The number of benzene rings is 1. The number of carbonyl (C=O) groups excluding carboxylic acids is 1. The van der Waals surface area contributed by atoms with Gasteiger partial charge in [0.2, 0.25) is 0 Å². The van der Waals surface area contributed by atoms with Crippen LogP contribution in [0.2, 0.25) is 0 Å². The molecule has 1 heteroatoms. The first-order chi connectivity index (χ1) is 6.77. The van der Waals surface area contributed by atoms with Crippen LogP contribution in [0.4, 0.5) is 0 Å². The van der Waals surface area contributed by atoms with Gasteiger partial charge in [0.15, 0.2) is 5.78 Å². The maximum absolute atomic E-state index is 11.5. The lowest BCUT2D eigenvalue weighted by molar-refractivity contribution is 0.0996. The van der Waals surface area contributed by atoms with Crippen LogP contribution in [-0.2, 0) is 6.42 Å². The fourth-order valence-electron chi connectivity index (χ4n) is 1.44. The molecule has 0 bridgehead atoms. The SMILES string of the molecule is C=CCC(=O)c1cccc(CCC)c1. The Balaban J connectivity index is 2.82. The lowest BCUT2D eigenvalue weighted by Crippen LogP contribution is -1.97. The summed E-state index contributed by atoms with van der Waals surface area (Å²) in [5, 5.41) is 0. The predicted octanol–water partition coefficient (Wildman–Crippen LogP) is 3.40. The second kappa shape index (κ2) is 5.38. The summed E-state index contributed by atoms with van der Waals surface area (Å²) in [5.74, 6) is 0.151. The number of carbonyl (C=O) groups is 1. The molecule has 0 aliphatic carbocycles. The third-order valence-electron chi connectivity index (χ3n) is 2.12. The summed E-state index contributed by atoms with van der Waals surface area (Å²) in [6.07, 6.45) is 4.22. The van der Waals surface area contributed by atoms with E-state index in [-0.39, 0.29) is 5.78 Å². The highest BCUT2D eigenvalue weighted by Crippen LogP contribution is 2.09. The highest BCUT2D eigenvalue weighted by Gasteiger charge is 2.03. The van der Waals surface area contributed by atoms with Gasteiger partial charge < -0.3 is 0 Å². The first kappa shape index (κ1) is 10.7. The van der Waals surface area contributed by atoms with Crippen LogP contribution in [-0.4, -0.2) is 5.78 Å². The molecule has 0 N–H and O–H groups in total. The molecular weight excluding hydrogens is 172 g/mol. The van der Waals surface area contributed by atoms with Crippen molar-refractivity contribution in [1.29, 1.82) is 0 Å². The minimum Gasteiger partial charge on any atom is -0.294 e. The summed E-state index contributed by atoms with van der Waals surface area (Å²) >= 11 is 0. The molecule has 74 valence electrons. The minimum absolute atomic E-state index is 0.151. The second-order valence-corrected chi connectivity index (χ2v) is 3.37. The van der Waals surface area contributed by atoms with Gasteiger partial charge in [-0.15, -0.1) is 6.58 Å². The first-order valence-corrected chi connectivity index (χ1v) is 5.01. The Morgan fingerprint density at radius 3 is 2.93 bits per heavy atom. The van der Waals surface area contributed by atoms with E-state index in [1.165, 1.54) is 5.56 Å². The number of aryl methyl sites for hydroxylation is 1. The van der Waals surface area contributed by atoms with E-state index in [2.05, 4.69) is 19.6 Å². The fraction of sp³-hybridized carbons (Fsp3) is 0.308. The molecule has 14 heavy (non-hydrogen) atoms. The average molecular weight is 188 g/mol. The Morgan fingerprint density at radius 1 is 1.50 bits per heavy atom. The fourth-order valence-corrected chi connectivity index (χ4v) is 1.44.